The van der Waals surface area contributed by atoms with E-state index in [9.17, 15) is 13.2 Å². The van der Waals surface area contributed by atoms with E-state index in [2.05, 4.69) is 25.6 Å². The predicted octanol–water partition coefficient (Wildman–Crippen LogP) is 3.12. The van der Waals surface area contributed by atoms with Gasteiger partial charge in [0.25, 0.3) is 5.56 Å². The summed E-state index contributed by atoms with van der Waals surface area (Å²) in [7, 11) is -3.59. The third-order valence-electron chi connectivity index (χ3n) is 3.89. The normalized spacial score (nSPS) is 11.8. The Morgan fingerprint density at radius 3 is 2.52 bits per heavy atom. The number of hydrogen-bond acceptors (Lipinski definition) is 3. The van der Waals surface area contributed by atoms with E-state index in [1.54, 1.807) is 12.1 Å². The van der Waals surface area contributed by atoms with Crippen molar-refractivity contribution in [2.24, 2.45) is 0 Å². The van der Waals surface area contributed by atoms with Crippen LogP contribution in [0.4, 0.5) is 0 Å². The number of aryl methyl sites for hydroxylation is 1. The minimum absolute atomic E-state index is 0.152. The van der Waals surface area contributed by atoms with Gasteiger partial charge in [-0.05, 0) is 60.7 Å². The molecule has 0 unspecified atom stereocenters. The van der Waals surface area contributed by atoms with Crippen molar-refractivity contribution in [3.05, 3.63) is 74.5 Å². The second-order valence-corrected chi connectivity index (χ2v) is 8.50. The van der Waals surface area contributed by atoms with Gasteiger partial charge < -0.3 is 4.98 Å². The number of hydrogen-bond donors (Lipinski definition) is 2. The van der Waals surface area contributed by atoms with Crippen molar-refractivity contribution < 1.29 is 8.42 Å². The number of fused-ring (bicyclic) bond motifs is 1. The van der Waals surface area contributed by atoms with Crippen molar-refractivity contribution in [1.82, 2.24) is 9.71 Å². The first-order valence-corrected chi connectivity index (χ1v) is 10.0. The molecule has 2 aromatic carbocycles. The molecule has 0 radical (unpaired) electrons. The van der Waals surface area contributed by atoms with Crippen LogP contribution >= 0.6 is 15.9 Å². The van der Waals surface area contributed by atoms with Crippen LogP contribution in [0.3, 0.4) is 0 Å². The van der Waals surface area contributed by atoms with Crippen molar-refractivity contribution in [2.75, 3.05) is 6.54 Å². The summed E-state index contributed by atoms with van der Waals surface area (Å²) in [4.78, 5) is 15.2. The van der Waals surface area contributed by atoms with E-state index in [0.29, 0.717) is 12.0 Å². The molecule has 3 rings (SSSR count). The van der Waals surface area contributed by atoms with E-state index in [4.69, 9.17) is 0 Å². The van der Waals surface area contributed by atoms with Gasteiger partial charge >= 0.3 is 0 Å². The molecule has 7 heteroatoms. The number of pyridine rings is 1. The first-order valence-electron chi connectivity index (χ1n) is 7.73. The Bertz CT molecular complexity index is 1070. The summed E-state index contributed by atoms with van der Waals surface area (Å²) < 4.78 is 27.9. The smallest absolute Gasteiger partial charge is 0.251 e. The molecule has 0 bridgehead atoms. The molecule has 0 aliphatic carbocycles. The van der Waals surface area contributed by atoms with Crippen LogP contribution in [0.15, 0.2) is 62.7 Å². The Morgan fingerprint density at radius 1 is 1.08 bits per heavy atom. The zero-order valence-electron chi connectivity index (χ0n) is 13.5. The zero-order chi connectivity index (χ0) is 18.0. The number of halogens is 1. The molecule has 0 aliphatic rings. The third-order valence-corrected chi connectivity index (χ3v) is 5.89. The molecule has 0 amide bonds. The number of rotatable bonds is 5. The molecule has 3 aromatic rings. The number of aromatic nitrogens is 1. The van der Waals surface area contributed by atoms with Gasteiger partial charge in [0, 0.05) is 22.1 Å². The molecular formula is C18H17BrN2O3S. The van der Waals surface area contributed by atoms with Crippen molar-refractivity contribution >= 4 is 36.9 Å². The summed E-state index contributed by atoms with van der Waals surface area (Å²) >= 11 is 3.27. The van der Waals surface area contributed by atoms with Gasteiger partial charge in [-0.2, -0.15) is 0 Å². The molecule has 130 valence electrons. The quantitative estimate of drug-likeness (QED) is 0.665. The van der Waals surface area contributed by atoms with E-state index in [1.165, 1.54) is 12.1 Å². The molecule has 1 aromatic heterocycles. The third kappa shape index (κ3) is 4.18. The van der Waals surface area contributed by atoms with E-state index < -0.39 is 10.0 Å². The molecule has 1 heterocycles. The maximum absolute atomic E-state index is 12.3. The molecule has 0 saturated carbocycles. The zero-order valence-corrected chi connectivity index (χ0v) is 15.9. The Labute approximate surface area is 154 Å². The summed E-state index contributed by atoms with van der Waals surface area (Å²) in [6.07, 6.45) is 0.314. The highest BCUT2D eigenvalue weighted by Crippen LogP contribution is 2.15. The Morgan fingerprint density at radius 2 is 1.80 bits per heavy atom. The molecule has 2 N–H and O–H groups in total. The second kappa shape index (κ2) is 7.11. The fourth-order valence-corrected chi connectivity index (χ4v) is 3.86. The van der Waals surface area contributed by atoms with Gasteiger partial charge in [0.15, 0.2) is 0 Å². The summed E-state index contributed by atoms with van der Waals surface area (Å²) in [6, 6.07) is 14.0. The average molecular weight is 421 g/mol. The monoisotopic (exact) mass is 420 g/mol. The number of benzene rings is 2. The van der Waals surface area contributed by atoms with Gasteiger partial charge in [-0.3, -0.25) is 4.79 Å². The van der Waals surface area contributed by atoms with E-state index in [-0.39, 0.29) is 17.0 Å². The average Bonchev–Trinajstić information content (AvgIpc) is 2.56. The van der Waals surface area contributed by atoms with Crippen LogP contribution < -0.4 is 10.3 Å². The fourth-order valence-electron chi connectivity index (χ4n) is 2.56. The van der Waals surface area contributed by atoms with Gasteiger partial charge in [-0.1, -0.05) is 28.1 Å². The van der Waals surface area contributed by atoms with Crippen LogP contribution in [0.2, 0.25) is 0 Å². The van der Waals surface area contributed by atoms with Crippen molar-refractivity contribution in [1.29, 1.82) is 0 Å². The fraction of sp³-hybridized carbons (Fsp3) is 0.167. The summed E-state index contributed by atoms with van der Waals surface area (Å²) in [6.45, 7) is 2.11. The highest BCUT2D eigenvalue weighted by Gasteiger charge is 2.13. The van der Waals surface area contributed by atoms with Crippen LogP contribution in [0, 0.1) is 6.92 Å². The van der Waals surface area contributed by atoms with Crippen LogP contribution in [0.25, 0.3) is 10.9 Å². The molecule has 0 saturated heterocycles. The van der Waals surface area contributed by atoms with Gasteiger partial charge in [0.05, 0.1) is 4.90 Å². The van der Waals surface area contributed by atoms with Gasteiger partial charge in [-0.15, -0.1) is 0 Å². The van der Waals surface area contributed by atoms with Crippen molar-refractivity contribution in [2.45, 2.75) is 18.2 Å². The maximum atomic E-state index is 12.3. The van der Waals surface area contributed by atoms with Crippen molar-refractivity contribution in [3.63, 3.8) is 0 Å². The lowest BCUT2D eigenvalue weighted by Crippen LogP contribution is -2.27. The molecule has 0 spiro atoms. The highest BCUT2D eigenvalue weighted by molar-refractivity contribution is 9.10. The van der Waals surface area contributed by atoms with Crippen LogP contribution in [-0.4, -0.2) is 19.9 Å². The standard InChI is InChI=1S/C18H17BrN2O3S/c1-12-2-3-13-11-14(18(22)21-17(13)10-12)8-9-20-25(23,24)16-6-4-15(19)5-7-16/h2-7,10-11,20H,8-9H2,1H3,(H,21,22). The summed E-state index contributed by atoms with van der Waals surface area (Å²) in [5, 5.41) is 0.927. The lowest BCUT2D eigenvalue weighted by atomic mass is 10.1. The Hall–Kier alpha value is -1.96. The van der Waals surface area contributed by atoms with E-state index in [1.807, 2.05) is 31.2 Å². The van der Waals surface area contributed by atoms with Crippen LogP contribution in [0.1, 0.15) is 11.1 Å². The minimum atomic E-state index is -3.59. The Balaban J connectivity index is 1.74. The number of nitrogens with one attached hydrogen (secondary N) is 2. The maximum Gasteiger partial charge on any atom is 0.251 e. The predicted molar refractivity (Wildman–Crippen MR) is 102 cm³/mol. The largest absolute Gasteiger partial charge is 0.322 e. The van der Waals surface area contributed by atoms with Crippen molar-refractivity contribution in [3.8, 4) is 0 Å². The van der Waals surface area contributed by atoms with E-state index >= 15 is 0 Å². The molecule has 0 atom stereocenters. The minimum Gasteiger partial charge on any atom is -0.322 e. The summed E-state index contributed by atoms with van der Waals surface area (Å²) in [5.74, 6) is 0. The molecule has 25 heavy (non-hydrogen) atoms. The number of sulfonamides is 1. The van der Waals surface area contributed by atoms with Gasteiger partial charge in [0.1, 0.15) is 0 Å². The van der Waals surface area contributed by atoms with Gasteiger partial charge in [-0.25, -0.2) is 13.1 Å². The molecule has 0 fully saturated rings. The Kier molecular flexibility index (Phi) is 5.08. The van der Waals surface area contributed by atoms with Crippen LogP contribution in [0.5, 0.6) is 0 Å². The number of aromatic amines is 1. The molecule has 0 aliphatic heterocycles. The van der Waals surface area contributed by atoms with E-state index in [0.717, 1.165) is 20.9 Å². The molecule has 5 nitrogen and oxygen atoms in total. The SMILES string of the molecule is Cc1ccc2cc(CCNS(=O)(=O)c3ccc(Br)cc3)c(=O)[nH]c2c1. The first kappa shape index (κ1) is 17.8. The topological polar surface area (TPSA) is 79.0 Å². The van der Waals surface area contributed by atoms with Gasteiger partial charge in [0.2, 0.25) is 10.0 Å². The first-order chi connectivity index (χ1) is 11.8. The summed E-state index contributed by atoms with van der Waals surface area (Å²) in [5.41, 5.74) is 2.21. The molecular weight excluding hydrogens is 404 g/mol. The lowest BCUT2D eigenvalue weighted by Gasteiger charge is -2.08. The number of H-pyrrole nitrogens is 1. The second-order valence-electron chi connectivity index (χ2n) is 5.82. The van der Waals surface area contributed by atoms with Crippen LogP contribution in [-0.2, 0) is 16.4 Å². The lowest BCUT2D eigenvalue weighted by molar-refractivity contribution is 0.581. The highest BCUT2D eigenvalue weighted by atomic mass is 79.9.